The van der Waals surface area contributed by atoms with Gasteiger partial charge in [-0.05, 0) is 48.7 Å². The fraction of sp³-hybridized carbons (Fsp3) is 0.364. The quantitative estimate of drug-likeness (QED) is 0.698. The number of hydrogen-bond acceptors (Lipinski definition) is 4. The van der Waals surface area contributed by atoms with E-state index in [0.717, 1.165) is 53.9 Å². The number of benzene rings is 2. The van der Waals surface area contributed by atoms with Gasteiger partial charge < -0.3 is 19.4 Å². The third-order valence-electron chi connectivity index (χ3n) is 5.54. The topological polar surface area (TPSA) is 67.5 Å². The van der Waals surface area contributed by atoms with Crippen LogP contribution in [0.1, 0.15) is 36.7 Å². The molecule has 3 aromatic rings. The van der Waals surface area contributed by atoms with Crippen LogP contribution < -0.4 is 9.47 Å². The maximum Gasteiger partial charge on any atom is 0.230 e. The van der Waals surface area contributed by atoms with Crippen LogP contribution in [-0.2, 0) is 11.2 Å². The summed E-state index contributed by atoms with van der Waals surface area (Å²) < 4.78 is 11.6. The Hall–Kier alpha value is -2.73. The number of fused-ring (bicyclic) bond motifs is 2. The number of nitrogens with one attached hydrogen (secondary N) is 1. The second kappa shape index (κ2) is 7.59. The number of carbonyl (C=O) groups is 1. The molecule has 2 aliphatic heterocycles. The van der Waals surface area contributed by atoms with Gasteiger partial charge in [0.25, 0.3) is 0 Å². The number of likely N-dealkylation sites (tertiary alicyclic amines) is 1. The first-order chi connectivity index (χ1) is 14.2. The Kier molecular flexibility index (Phi) is 4.79. The van der Waals surface area contributed by atoms with E-state index >= 15 is 0 Å². The number of nitrogens with zero attached hydrogens (tertiary/aromatic N) is 2. The Morgan fingerprint density at radius 3 is 2.90 bits per heavy atom. The average molecular weight is 412 g/mol. The van der Waals surface area contributed by atoms with Gasteiger partial charge >= 0.3 is 0 Å². The van der Waals surface area contributed by atoms with Crippen LogP contribution >= 0.6 is 11.6 Å². The predicted molar refractivity (Wildman–Crippen MR) is 111 cm³/mol. The normalized spacial score (nSPS) is 18.8. The standard InChI is InChI=1S/C22H22ClN3O3/c23-15-5-6-16-17(12-15)25-21(24-16)13-22(27)26-8-1-3-18(26)14-4-7-19-20(11-14)29-10-2-9-28-19/h4-7,11-12,18H,1-3,8-10,13H2,(H,24,25)/t18-/m0/s1. The molecule has 1 fully saturated rings. The molecule has 1 amide bonds. The number of aromatic nitrogens is 2. The van der Waals surface area contributed by atoms with Gasteiger partial charge in [0.2, 0.25) is 5.91 Å². The molecule has 2 aromatic carbocycles. The lowest BCUT2D eigenvalue weighted by atomic mass is 10.0. The van der Waals surface area contributed by atoms with Crippen LogP contribution in [0.5, 0.6) is 11.5 Å². The molecule has 0 spiro atoms. The van der Waals surface area contributed by atoms with E-state index in [4.69, 9.17) is 21.1 Å². The number of imidazole rings is 1. The van der Waals surface area contributed by atoms with Crippen LogP contribution in [-0.4, -0.2) is 40.5 Å². The zero-order valence-electron chi connectivity index (χ0n) is 16.0. The van der Waals surface area contributed by atoms with Gasteiger partial charge in [-0.1, -0.05) is 17.7 Å². The maximum atomic E-state index is 13.1. The molecule has 0 unspecified atom stereocenters. The van der Waals surface area contributed by atoms with Crippen molar-refractivity contribution in [2.24, 2.45) is 0 Å². The third kappa shape index (κ3) is 3.65. The van der Waals surface area contributed by atoms with E-state index in [1.54, 1.807) is 6.07 Å². The van der Waals surface area contributed by atoms with Crippen LogP contribution in [0.4, 0.5) is 0 Å². The minimum Gasteiger partial charge on any atom is -0.490 e. The van der Waals surface area contributed by atoms with Crippen molar-refractivity contribution in [3.05, 3.63) is 52.8 Å². The first-order valence-corrected chi connectivity index (χ1v) is 10.4. The second-order valence-corrected chi connectivity index (χ2v) is 7.96. The van der Waals surface area contributed by atoms with E-state index in [0.29, 0.717) is 24.1 Å². The van der Waals surface area contributed by atoms with Gasteiger partial charge in [-0.15, -0.1) is 0 Å². The highest BCUT2D eigenvalue weighted by Gasteiger charge is 2.31. The fourth-order valence-corrected chi connectivity index (χ4v) is 4.33. The van der Waals surface area contributed by atoms with Gasteiger partial charge in [0.15, 0.2) is 11.5 Å². The van der Waals surface area contributed by atoms with Gasteiger partial charge in [-0.2, -0.15) is 0 Å². The molecule has 0 aliphatic carbocycles. The summed E-state index contributed by atoms with van der Waals surface area (Å²) in [5, 5.41) is 0.646. The lowest BCUT2D eigenvalue weighted by molar-refractivity contribution is -0.131. The first kappa shape index (κ1) is 18.3. The molecule has 2 aliphatic rings. The van der Waals surface area contributed by atoms with Gasteiger partial charge in [0.1, 0.15) is 5.82 Å². The van der Waals surface area contributed by atoms with Crippen molar-refractivity contribution < 1.29 is 14.3 Å². The Balaban J connectivity index is 1.35. The van der Waals surface area contributed by atoms with Crippen molar-refractivity contribution in [3.63, 3.8) is 0 Å². The Morgan fingerprint density at radius 2 is 2.00 bits per heavy atom. The summed E-state index contributed by atoms with van der Waals surface area (Å²) in [5.41, 5.74) is 2.76. The molecule has 7 heteroatoms. The Bertz CT molecular complexity index is 1060. The molecule has 150 valence electrons. The van der Waals surface area contributed by atoms with E-state index in [1.807, 2.05) is 35.2 Å². The molecule has 0 saturated carbocycles. The van der Waals surface area contributed by atoms with E-state index in [9.17, 15) is 4.79 Å². The summed E-state index contributed by atoms with van der Waals surface area (Å²) in [5.74, 6) is 2.29. The summed E-state index contributed by atoms with van der Waals surface area (Å²) >= 11 is 6.04. The van der Waals surface area contributed by atoms with E-state index in [-0.39, 0.29) is 18.4 Å². The number of H-pyrrole nitrogens is 1. The van der Waals surface area contributed by atoms with Gasteiger partial charge in [-0.3, -0.25) is 4.79 Å². The fourth-order valence-electron chi connectivity index (χ4n) is 4.16. The average Bonchev–Trinajstić information content (AvgIpc) is 3.28. The largest absolute Gasteiger partial charge is 0.490 e. The molecule has 3 heterocycles. The zero-order valence-corrected chi connectivity index (χ0v) is 16.7. The summed E-state index contributed by atoms with van der Waals surface area (Å²) in [4.78, 5) is 22.8. The van der Waals surface area contributed by atoms with Crippen LogP contribution in [0.3, 0.4) is 0 Å². The van der Waals surface area contributed by atoms with Crippen molar-refractivity contribution in [2.45, 2.75) is 31.7 Å². The summed E-state index contributed by atoms with van der Waals surface area (Å²) in [6.07, 6.45) is 3.05. The first-order valence-electron chi connectivity index (χ1n) is 10.0. The zero-order chi connectivity index (χ0) is 19.8. The van der Waals surface area contributed by atoms with Crippen molar-refractivity contribution in [1.82, 2.24) is 14.9 Å². The number of hydrogen-bond donors (Lipinski definition) is 1. The molecular weight excluding hydrogens is 390 g/mol. The van der Waals surface area contributed by atoms with Crippen LogP contribution in [0.15, 0.2) is 36.4 Å². The van der Waals surface area contributed by atoms with Crippen molar-refractivity contribution >= 4 is 28.5 Å². The molecule has 6 nitrogen and oxygen atoms in total. The maximum absolute atomic E-state index is 13.1. The summed E-state index contributed by atoms with van der Waals surface area (Å²) in [6.45, 7) is 2.08. The highest BCUT2D eigenvalue weighted by Crippen LogP contribution is 2.38. The number of ether oxygens (including phenoxy) is 2. The van der Waals surface area contributed by atoms with Crippen molar-refractivity contribution in [1.29, 1.82) is 0 Å². The summed E-state index contributed by atoms with van der Waals surface area (Å²) in [7, 11) is 0. The van der Waals surface area contributed by atoms with E-state index < -0.39 is 0 Å². The minimum atomic E-state index is 0.0541. The molecule has 1 aromatic heterocycles. The van der Waals surface area contributed by atoms with Crippen LogP contribution in [0.25, 0.3) is 11.0 Å². The van der Waals surface area contributed by atoms with Crippen molar-refractivity contribution in [2.75, 3.05) is 19.8 Å². The molecule has 1 atom stereocenters. The SMILES string of the molecule is O=C(Cc1nc2ccc(Cl)cc2[nH]1)N1CCC[C@H]1c1ccc2c(c1)OCCCO2. The number of halogens is 1. The molecule has 5 rings (SSSR count). The number of rotatable bonds is 3. The minimum absolute atomic E-state index is 0.0541. The van der Waals surface area contributed by atoms with Gasteiger partial charge in [-0.25, -0.2) is 4.98 Å². The number of carbonyl (C=O) groups excluding carboxylic acids is 1. The lowest BCUT2D eigenvalue weighted by Gasteiger charge is -2.25. The molecule has 0 radical (unpaired) electrons. The van der Waals surface area contributed by atoms with Crippen LogP contribution in [0, 0.1) is 0 Å². The molecule has 0 bridgehead atoms. The van der Waals surface area contributed by atoms with Crippen molar-refractivity contribution in [3.8, 4) is 11.5 Å². The van der Waals surface area contributed by atoms with Crippen LogP contribution in [0.2, 0.25) is 5.02 Å². The molecule has 1 N–H and O–H groups in total. The Morgan fingerprint density at radius 1 is 1.14 bits per heavy atom. The third-order valence-corrected chi connectivity index (χ3v) is 5.78. The van der Waals surface area contributed by atoms with E-state index in [2.05, 4.69) is 9.97 Å². The smallest absolute Gasteiger partial charge is 0.230 e. The number of amides is 1. The van der Waals surface area contributed by atoms with Gasteiger partial charge in [0, 0.05) is 18.0 Å². The highest BCUT2D eigenvalue weighted by atomic mass is 35.5. The Labute approximate surface area is 173 Å². The monoisotopic (exact) mass is 411 g/mol. The molecule has 29 heavy (non-hydrogen) atoms. The lowest BCUT2D eigenvalue weighted by Crippen LogP contribution is -2.32. The molecule has 1 saturated heterocycles. The number of aromatic amines is 1. The van der Waals surface area contributed by atoms with Gasteiger partial charge in [0.05, 0.1) is 36.7 Å². The van der Waals surface area contributed by atoms with E-state index in [1.165, 1.54) is 0 Å². The summed E-state index contributed by atoms with van der Waals surface area (Å²) in [6, 6.07) is 11.6. The second-order valence-electron chi connectivity index (χ2n) is 7.52. The highest BCUT2D eigenvalue weighted by molar-refractivity contribution is 6.31. The predicted octanol–water partition coefficient (Wildman–Crippen LogP) is 4.28. The molecular formula is C22H22ClN3O3.